The van der Waals surface area contributed by atoms with Gasteiger partial charge in [-0.3, -0.25) is 9.48 Å². The molecule has 0 bridgehead atoms. The molecular weight excluding hydrogens is 390 g/mol. The summed E-state index contributed by atoms with van der Waals surface area (Å²) in [5.74, 6) is -0.433. The van der Waals surface area contributed by atoms with Gasteiger partial charge in [0.05, 0.1) is 18.3 Å². The molecule has 6 nitrogen and oxygen atoms in total. The van der Waals surface area contributed by atoms with Crippen molar-refractivity contribution in [3.63, 3.8) is 0 Å². The number of carbonyl (C=O) groups excluding carboxylic acids is 2. The summed E-state index contributed by atoms with van der Waals surface area (Å²) in [7, 11) is 0. The molecule has 0 aliphatic carbocycles. The molecule has 2 aromatic carbocycles. The van der Waals surface area contributed by atoms with E-state index in [2.05, 4.69) is 17.4 Å². The van der Waals surface area contributed by atoms with Crippen molar-refractivity contribution < 1.29 is 14.3 Å². The zero-order chi connectivity index (χ0) is 21.6. The summed E-state index contributed by atoms with van der Waals surface area (Å²) in [5, 5.41) is 7.56. The minimum Gasteiger partial charge on any atom is -0.460 e. The molecule has 1 aromatic heterocycles. The Labute approximate surface area is 181 Å². The van der Waals surface area contributed by atoms with Crippen LogP contribution >= 0.6 is 0 Å². The average molecular weight is 415 g/mol. The smallest absolute Gasteiger partial charge is 0.330 e. The monoisotopic (exact) mass is 415 g/mol. The van der Waals surface area contributed by atoms with Crippen LogP contribution in [0.25, 0.3) is 17.3 Å². The number of benzene rings is 2. The molecule has 3 aromatic rings. The summed E-state index contributed by atoms with van der Waals surface area (Å²) in [6, 6.07) is 18.2. The van der Waals surface area contributed by atoms with E-state index in [1.165, 1.54) is 11.6 Å². The van der Waals surface area contributed by atoms with E-state index in [1.54, 1.807) is 6.08 Å². The van der Waals surface area contributed by atoms with Gasteiger partial charge < -0.3 is 10.1 Å². The van der Waals surface area contributed by atoms with Crippen LogP contribution in [0.2, 0.25) is 0 Å². The first kappa shape index (κ1) is 20.6. The number of esters is 1. The molecule has 1 aliphatic heterocycles. The summed E-state index contributed by atoms with van der Waals surface area (Å²) in [6.07, 6.45) is 6.26. The number of rotatable bonds is 7. The Morgan fingerprint density at radius 2 is 1.97 bits per heavy atom. The topological polar surface area (TPSA) is 73.2 Å². The maximum absolute atomic E-state index is 12.2. The number of hydrogen-bond acceptors (Lipinski definition) is 4. The lowest BCUT2D eigenvalue weighted by Crippen LogP contribution is -2.30. The van der Waals surface area contributed by atoms with Gasteiger partial charge in [0, 0.05) is 29.8 Å². The molecule has 0 saturated carbocycles. The second-order valence-corrected chi connectivity index (χ2v) is 7.75. The molecule has 4 rings (SSSR count). The largest absolute Gasteiger partial charge is 0.460 e. The molecule has 1 aliphatic rings. The van der Waals surface area contributed by atoms with Crippen molar-refractivity contribution in [1.29, 1.82) is 0 Å². The van der Waals surface area contributed by atoms with Gasteiger partial charge in [0.15, 0.2) is 0 Å². The number of aryl methyl sites for hydroxylation is 1. The van der Waals surface area contributed by atoms with Crippen LogP contribution in [-0.4, -0.2) is 34.3 Å². The first-order valence-corrected chi connectivity index (χ1v) is 10.4. The van der Waals surface area contributed by atoms with Gasteiger partial charge in [0.25, 0.3) is 0 Å². The number of nitrogens with one attached hydrogen (secondary N) is 1. The summed E-state index contributed by atoms with van der Waals surface area (Å²) < 4.78 is 7.17. The minimum absolute atomic E-state index is 0.00478. The Morgan fingerprint density at radius 1 is 1.19 bits per heavy atom. The van der Waals surface area contributed by atoms with Gasteiger partial charge >= 0.3 is 5.97 Å². The minimum atomic E-state index is -0.438. The van der Waals surface area contributed by atoms with Crippen molar-refractivity contribution in [2.24, 2.45) is 0 Å². The Morgan fingerprint density at radius 3 is 2.68 bits per heavy atom. The lowest BCUT2D eigenvalue weighted by Gasteiger charge is -2.08. The van der Waals surface area contributed by atoms with Crippen molar-refractivity contribution in [1.82, 2.24) is 15.1 Å². The predicted octanol–water partition coefficient (Wildman–Crippen LogP) is 3.74. The molecule has 1 N–H and O–H groups in total. The Bertz CT molecular complexity index is 1080. The van der Waals surface area contributed by atoms with Crippen LogP contribution < -0.4 is 5.32 Å². The summed E-state index contributed by atoms with van der Waals surface area (Å²) in [6.45, 7) is 2.87. The number of nitrogens with zero attached hydrogens (tertiary/aromatic N) is 2. The van der Waals surface area contributed by atoms with E-state index in [4.69, 9.17) is 9.84 Å². The molecule has 1 saturated heterocycles. The van der Waals surface area contributed by atoms with E-state index in [0.29, 0.717) is 19.4 Å². The highest BCUT2D eigenvalue weighted by atomic mass is 16.5. The lowest BCUT2D eigenvalue weighted by atomic mass is 10.1. The van der Waals surface area contributed by atoms with E-state index in [-0.39, 0.29) is 18.6 Å². The SMILES string of the molecule is Cc1ccc(-c2nn(Cc3ccccc3)cc2/C=C/C(=O)OCC2CCC(=O)N2)cc1. The molecule has 1 amide bonds. The molecule has 1 unspecified atom stereocenters. The van der Waals surface area contributed by atoms with Gasteiger partial charge in [0.1, 0.15) is 6.61 Å². The molecule has 0 spiro atoms. The zero-order valence-electron chi connectivity index (χ0n) is 17.5. The first-order valence-electron chi connectivity index (χ1n) is 10.4. The zero-order valence-corrected chi connectivity index (χ0v) is 17.5. The van der Waals surface area contributed by atoms with Crippen molar-refractivity contribution in [2.75, 3.05) is 6.61 Å². The van der Waals surface area contributed by atoms with Crippen LogP contribution in [0.5, 0.6) is 0 Å². The van der Waals surface area contributed by atoms with Gasteiger partial charge in [-0.25, -0.2) is 4.79 Å². The van der Waals surface area contributed by atoms with Crippen LogP contribution in [-0.2, 0) is 20.9 Å². The molecule has 158 valence electrons. The van der Waals surface area contributed by atoms with E-state index in [9.17, 15) is 9.59 Å². The molecule has 31 heavy (non-hydrogen) atoms. The lowest BCUT2D eigenvalue weighted by molar-refractivity contribution is -0.138. The van der Waals surface area contributed by atoms with Gasteiger partial charge in [0.2, 0.25) is 5.91 Å². The number of carbonyl (C=O) groups is 2. The molecular formula is C25H25N3O3. The standard InChI is InChI=1S/C25H25N3O3/c1-18-7-9-20(10-8-18)25-21(16-28(27-25)15-19-5-3-2-4-6-19)11-14-24(30)31-17-22-12-13-23(29)26-22/h2-11,14,16,22H,12-13,15,17H2,1H3,(H,26,29)/b14-11+. The number of ether oxygens (including phenoxy) is 1. The Balaban J connectivity index is 1.51. The van der Waals surface area contributed by atoms with Crippen LogP contribution in [0.4, 0.5) is 0 Å². The Hall–Kier alpha value is -3.67. The van der Waals surface area contributed by atoms with Gasteiger partial charge in [-0.2, -0.15) is 5.10 Å². The second kappa shape index (κ2) is 9.43. The number of hydrogen-bond donors (Lipinski definition) is 1. The molecule has 2 heterocycles. The summed E-state index contributed by atoms with van der Waals surface area (Å²) in [4.78, 5) is 23.5. The van der Waals surface area contributed by atoms with Crippen LogP contribution in [0.15, 0.2) is 66.9 Å². The van der Waals surface area contributed by atoms with Crippen molar-refractivity contribution in [2.45, 2.75) is 32.4 Å². The number of amides is 1. The number of aromatic nitrogens is 2. The highest BCUT2D eigenvalue weighted by Crippen LogP contribution is 2.24. The molecule has 6 heteroatoms. The molecule has 1 fully saturated rings. The Kier molecular flexibility index (Phi) is 6.26. The quantitative estimate of drug-likeness (QED) is 0.471. The predicted molar refractivity (Wildman–Crippen MR) is 119 cm³/mol. The van der Waals surface area contributed by atoms with Crippen LogP contribution in [0.1, 0.15) is 29.5 Å². The van der Waals surface area contributed by atoms with E-state index in [1.807, 2.05) is 60.3 Å². The van der Waals surface area contributed by atoms with Crippen molar-refractivity contribution in [3.8, 4) is 11.3 Å². The van der Waals surface area contributed by atoms with Gasteiger partial charge in [-0.15, -0.1) is 0 Å². The van der Waals surface area contributed by atoms with Gasteiger partial charge in [-0.05, 0) is 25.0 Å². The maximum atomic E-state index is 12.2. The third-order valence-electron chi connectivity index (χ3n) is 5.21. The highest BCUT2D eigenvalue weighted by Gasteiger charge is 2.21. The summed E-state index contributed by atoms with van der Waals surface area (Å²) >= 11 is 0. The van der Waals surface area contributed by atoms with Crippen LogP contribution in [0.3, 0.4) is 0 Å². The summed E-state index contributed by atoms with van der Waals surface area (Å²) in [5.41, 5.74) is 4.95. The third-order valence-corrected chi connectivity index (χ3v) is 5.21. The maximum Gasteiger partial charge on any atom is 0.330 e. The van der Waals surface area contributed by atoms with Crippen molar-refractivity contribution >= 4 is 18.0 Å². The molecule has 0 radical (unpaired) electrons. The first-order chi connectivity index (χ1) is 15.1. The molecule has 1 atom stereocenters. The normalized spacial score (nSPS) is 15.9. The highest BCUT2D eigenvalue weighted by molar-refractivity contribution is 5.88. The average Bonchev–Trinajstić information content (AvgIpc) is 3.38. The van der Waals surface area contributed by atoms with Crippen LogP contribution in [0, 0.1) is 6.92 Å². The third kappa shape index (κ3) is 5.48. The second-order valence-electron chi connectivity index (χ2n) is 7.75. The van der Waals surface area contributed by atoms with E-state index in [0.717, 1.165) is 22.4 Å². The van der Waals surface area contributed by atoms with Gasteiger partial charge in [-0.1, -0.05) is 60.2 Å². The fourth-order valence-electron chi connectivity index (χ4n) is 3.54. The fraction of sp³-hybridized carbons (Fsp3) is 0.240. The van der Waals surface area contributed by atoms with E-state index >= 15 is 0 Å². The van der Waals surface area contributed by atoms with Crippen molar-refractivity contribution in [3.05, 3.63) is 83.6 Å². The fourth-order valence-corrected chi connectivity index (χ4v) is 3.54. The van der Waals surface area contributed by atoms with E-state index < -0.39 is 5.97 Å².